The molecule has 0 heterocycles. The van der Waals surface area contributed by atoms with Gasteiger partial charge in [0.2, 0.25) is 0 Å². The number of halogens is 3. The molecular weight excluding hydrogens is 260 g/mol. The van der Waals surface area contributed by atoms with E-state index < -0.39 is 0 Å². The summed E-state index contributed by atoms with van der Waals surface area (Å²) in [6.07, 6.45) is 2.10. The molecule has 0 fully saturated rings. The van der Waals surface area contributed by atoms with E-state index >= 15 is 0 Å². The van der Waals surface area contributed by atoms with Gasteiger partial charge in [0.15, 0.2) is 0 Å². The summed E-state index contributed by atoms with van der Waals surface area (Å²) in [4.78, 5) is 0. The van der Waals surface area contributed by atoms with Crippen molar-refractivity contribution >= 4 is 23.2 Å². The lowest BCUT2D eigenvalue weighted by Crippen LogP contribution is -2.22. The number of hydrogen-bond acceptors (Lipinski definition) is 1. The standard InChI is InChI=1S/C13H18Cl2FN/c1-2-10(6-7-14)8-17-9-11-4-3-5-12(16)13(11)15/h3-5,10,17H,2,6-9H2,1H3. The molecule has 4 heteroatoms. The fourth-order valence-corrected chi connectivity index (χ4v) is 2.20. The molecule has 0 aliphatic carbocycles. The van der Waals surface area contributed by atoms with E-state index in [1.165, 1.54) is 6.07 Å². The summed E-state index contributed by atoms with van der Waals surface area (Å²) in [6, 6.07) is 4.88. The summed E-state index contributed by atoms with van der Waals surface area (Å²) < 4.78 is 13.2. The van der Waals surface area contributed by atoms with Crippen LogP contribution in [0, 0.1) is 11.7 Å². The second-order valence-corrected chi connectivity index (χ2v) is 4.85. The Balaban J connectivity index is 2.42. The lowest BCUT2D eigenvalue weighted by Gasteiger charge is -2.14. The third-order valence-corrected chi connectivity index (χ3v) is 3.52. The normalized spacial score (nSPS) is 12.7. The molecule has 1 unspecified atom stereocenters. The van der Waals surface area contributed by atoms with Crippen LogP contribution >= 0.6 is 23.2 Å². The Morgan fingerprint density at radius 1 is 1.41 bits per heavy atom. The molecule has 17 heavy (non-hydrogen) atoms. The van der Waals surface area contributed by atoms with E-state index in [9.17, 15) is 4.39 Å². The van der Waals surface area contributed by atoms with Crippen LogP contribution in [0.3, 0.4) is 0 Å². The predicted octanol–water partition coefficient (Wildman–Crippen LogP) is 4.22. The molecule has 0 aliphatic rings. The first-order valence-corrected chi connectivity index (χ1v) is 6.79. The minimum Gasteiger partial charge on any atom is -0.312 e. The Kier molecular flexibility index (Phi) is 6.86. The van der Waals surface area contributed by atoms with Gasteiger partial charge in [0.05, 0.1) is 5.02 Å². The van der Waals surface area contributed by atoms with Crippen molar-refractivity contribution in [2.24, 2.45) is 5.92 Å². The van der Waals surface area contributed by atoms with Gasteiger partial charge in [-0.15, -0.1) is 11.6 Å². The van der Waals surface area contributed by atoms with Crippen LogP contribution in [0.25, 0.3) is 0 Å². The fraction of sp³-hybridized carbons (Fsp3) is 0.538. The fourth-order valence-electron chi connectivity index (χ4n) is 1.70. The second-order valence-electron chi connectivity index (χ2n) is 4.10. The van der Waals surface area contributed by atoms with Crippen LogP contribution in [-0.2, 0) is 6.54 Å². The van der Waals surface area contributed by atoms with E-state index in [0.29, 0.717) is 18.3 Å². The van der Waals surface area contributed by atoms with Crippen molar-refractivity contribution < 1.29 is 4.39 Å². The number of benzene rings is 1. The van der Waals surface area contributed by atoms with E-state index in [-0.39, 0.29) is 10.8 Å². The summed E-state index contributed by atoms with van der Waals surface area (Å²) in [6.45, 7) is 3.62. The van der Waals surface area contributed by atoms with Gasteiger partial charge >= 0.3 is 0 Å². The molecular formula is C13H18Cl2FN. The predicted molar refractivity (Wildman–Crippen MR) is 72.2 cm³/mol. The third kappa shape index (κ3) is 4.82. The van der Waals surface area contributed by atoms with Crippen LogP contribution in [-0.4, -0.2) is 12.4 Å². The average Bonchev–Trinajstić information content (AvgIpc) is 2.33. The Morgan fingerprint density at radius 3 is 2.82 bits per heavy atom. The number of alkyl halides is 1. The van der Waals surface area contributed by atoms with Gasteiger partial charge < -0.3 is 5.32 Å². The first-order valence-electron chi connectivity index (χ1n) is 5.88. The van der Waals surface area contributed by atoms with Crippen LogP contribution < -0.4 is 5.32 Å². The van der Waals surface area contributed by atoms with Gasteiger partial charge in [0, 0.05) is 12.4 Å². The maximum Gasteiger partial charge on any atom is 0.142 e. The first kappa shape index (κ1) is 14.7. The maximum absolute atomic E-state index is 13.2. The van der Waals surface area contributed by atoms with Crippen molar-refractivity contribution in [1.82, 2.24) is 5.32 Å². The van der Waals surface area contributed by atoms with Crippen molar-refractivity contribution in [3.05, 3.63) is 34.6 Å². The molecule has 1 atom stereocenters. The molecule has 1 aromatic carbocycles. The molecule has 0 saturated carbocycles. The highest BCUT2D eigenvalue weighted by Gasteiger charge is 2.07. The molecule has 1 rings (SSSR count). The second kappa shape index (κ2) is 7.91. The van der Waals surface area contributed by atoms with Crippen molar-refractivity contribution in [1.29, 1.82) is 0 Å². The van der Waals surface area contributed by atoms with Gasteiger partial charge in [-0.2, -0.15) is 0 Å². The minimum atomic E-state index is -0.362. The van der Waals surface area contributed by atoms with Crippen LogP contribution in [0.15, 0.2) is 18.2 Å². The smallest absolute Gasteiger partial charge is 0.142 e. The van der Waals surface area contributed by atoms with E-state index in [1.807, 2.05) is 6.07 Å². The van der Waals surface area contributed by atoms with E-state index in [2.05, 4.69) is 12.2 Å². The zero-order valence-electron chi connectivity index (χ0n) is 9.98. The summed E-state index contributed by atoms with van der Waals surface area (Å²) >= 11 is 11.6. The van der Waals surface area contributed by atoms with Crippen molar-refractivity contribution in [3.63, 3.8) is 0 Å². The summed E-state index contributed by atoms with van der Waals surface area (Å²) in [5.74, 6) is 0.888. The minimum absolute atomic E-state index is 0.213. The van der Waals surface area contributed by atoms with Gasteiger partial charge in [-0.1, -0.05) is 37.1 Å². The van der Waals surface area contributed by atoms with Crippen molar-refractivity contribution in [2.45, 2.75) is 26.3 Å². The van der Waals surface area contributed by atoms with Gasteiger partial charge in [-0.25, -0.2) is 4.39 Å². The number of rotatable bonds is 7. The topological polar surface area (TPSA) is 12.0 Å². The SMILES string of the molecule is CCC(CCCl)CNCc1cccc(F)c1Cl. The van der Waals surface area contributed by atoms with Crippen LogP contribution in [0.2, 0.25) is 5.02 Å². The largest absolute Gasteiger partial charge is 0.312 e. The van der Waals surface area contributed by atoms with Gasteiger partial charge in [0.1, 0.15) is 5.82 Å². The average molecular weight is 278 g/mol. The molecule has 0 radical (unpaired) electrons. The van der Waals surface area contributed by atoms with Gasteiger partial charge in [-0.05, 0) is 30.5 Å². The molecule has 1 aromatic rings. The monoisotopic (exact) mass is 277 g/mol. The van der Waals surface area contributed by atoms with Gasteiger partial charge in [-0.3, -0.25) is 0 Å². The van der Waals surface area contributed by atoms with E-state index in [1.54, 1.807) is 6.07 Å². The number of nitrogens with one attached hydrogen (secondary N) is 1. The molecule has 1 N–H and O–H groups in total. The van der Waals surface area contributed by atoms with Gasteiger partial charge in [0.25, 0.3) is 0 Å². The highest BCUT2D eigenvalue weighted by Crippen LogP contribution is 2.19. The lowest BCUT2D eigenvalue weighted by molar-refractivity contribution is 0.451. The Hall–Kier alpha value is -0.310. The maximum atomic E-state index is 13.2. The summed E-state index contributed by atoms with van der Waals surface area (Å²) in [5, 5.41) is 3.51. The zero-order chi connectivity index (χ0) is 12.7. The van der Waals surface area contributed by atoms with Crippen LogP contribution in [0.1, 0.15) is 25.3 Å². The molecule has 0 spiro atoms. The Labute approximate surface area is 112 Å². The van der Waals surface area contributed by atoms with Crippen molar-refractivity contribution in [2.75, 3.05) is 12.4 Å². The molecule has 96 valence electrons. The Morgan fingerprint density at radius 2 is 2.18 bits per heavy atom. The molecule has 0 bridgehead atoms. The summed E-state index contributed by atoms with van der Waals surface area (Å²) in [5.41, 5.74) is 0.799. The van der Waals surface area contributed by atoms with Crippen LogP contribution in [0.5, 0.6) is 0 Å². The molecule has 1 nitrogen and oxygen atoms in total. The quantitative estimate of drug-likeness (QED) is 0.736. The lowest BCUT2D eigenvalue weighted by atomic mass is 10.0. The van der Waals surface area contributed by atoms with Crippen LogP contribution in [0.4, 0.5) is 4.39 Å². The van der Waals surface area contributed by atoms with Crippen molar-refractivity contribution in [3.8, 4) is 0 Å². The van der Waals surface area contributed by atoms with E-state index in [0.717, 1.165) is 24.9 Å². The zero-order valence-corrected chi connectivity index (χ0v) is 11.5. The first-order chi connectivity index (χ1) is 8.19. The highest BCUT2D eigenvalue weighted by molar-refractivity contribution is 6.31. The Bertz CT molecular complexity index is 344. The third-order valence-electron chi connectivity index (χ3n) is 2.87. The molecule has 0 amide bonds. The summed E-state index contributed by atoms with van der Waals surface area (Å²) in [7, 11) is 0. The molecule has 0 aliphatic heterocycles. The molecule has 0 aromatic heterocycles. The number of hydrogen-bond donors (Lipinski definition) is 1. The highest BCUT2D eigenvalue weighted by atomic mass is 35.5. The molecule has 0 saturated heterocycles. The van der Waals surface area contributed by atoms with E-state index in [4.69, 9.17) is 23.2 Å².